The molecule has 0 amide bonds. The van der Waals surface area contributed by atoms with Gasteiger partial charge in [-0.3, -0.25) is 0 Å². The number of benzene rings is 1. The Bertz CT molecular complexity index is 573. The van der Waals surface area contributed by atoms with E-state index in [4.69, 9.17) is 14.2 Å². The highest BCUT2D eigenvalue weighted by atomic mass is 32.1. The monoisotopic (exact) mass is 308 g/mol. The highest BCUT2D eigenvalue weighted by Crippen LogP contribution is 2.38. The van der Waals surface area contributed by atoms with Crippen LogP contribution in [0.5, 0.6) is 17.2 Å². The molecule has 114 valence electrons. The molecule has 1 aromatic heterocycles. The first kappa shape index (κ1) is 15.6. The van der Waals surface area contributed by atoms with Crippen molar-refractivity contribution in [1.82, 2.24) is 10.3 Å². The van der Waals surface area contributed by atoms with E-state index in [1.165, 1.54) is 4.88 Å². The van der Waals surface area contributed by atoms with Crippen LogP contribution in [0.2, 0.25) is 0 Å². The van der Waals surface area contributed by atoms with E-state index < -0.39 is 0 Å². The van der Waals surface area contributed by atoms with E-state index >= 15 is 0 Å². The Labute approximate surface area is 128 Å². The predicted molar refractivity (Wildman–Crippen MR) is 83.5 cm³/mol. The highest BCUT2D eigenvalue weighted by Gasteiger charge is 2.13. The van der Waals surface area contributed by atoms with Crippen molar-refractivity contribution in [3.05, 3.63) is 33.8 Å². The molecule has 5 nitrogen and oxygen atoms in total. The molecular weight excluding hydrogens is 288 g/mol. The lowest BCUT2D eigenvalue weighted by molar-refractivity contribution is 0.323. The number of methoxy groups -OCH3 is 3. The zero-order valence-electron chi connectivity index (χ0n) is 12.7. The van der Waals surface area contributed by atoms with Gasteiger partial charge in [0.15, 0.2) is 11.5 Å². The quantitative estimate of drug-likeness (QED) is 0.852. The zero-order chi connectivity index (χ0) is 15.2. The third-order valence-corrected chi connectivity index (χ3v) is 4.12. The molecule has 6 heteroatoms. The van der Waals surface area contributed by atoms with Crippen LogP contribution in [0.3, 0.4) is 0 Å². The summed E-state index contributed by atoms with van der Waals surface area (Å²) in [6, 6.07) is 3.90. The zero-order valence-corrected chi connectivity index (χ0v) is 13.5. The molecule has 2 aromatic rings. The fraction of sp³-hybridized carbons (Fsp3) is 0.400. The average Bonchev–Trinajstić information content (AvgIpc) is 2.91. The Morgan fingerprint density at radius 2 is 1.71 bits per heavy atom. The predicted octanol–water partition coefficient (Wildman–Crippen LogP) is 2.77. The molecule has 1 heterocycles. The number of hydrogen-bond donors (Lipinski definition) is 1. The lowest BCUT2D eigenvalue weighted by atomic mass is 10.1. The highest BCUT2D eigenvalue weighted by molar-refractivity contribution is 7.09. The van der Waals surface area contributed by atoms with Crippen molar-refractivity contribution in [2.75, 3.05) is 21.3 Å². The fourth-order valence-electron chi connectivity index (χ4n) is 2.05. The van der Waals surface area contributed by atoms with Gasteiger partial charge in [0.25, 0.3) is 0 Å². The first-order valence-electron chi connectivity index (χ1n) is 6.58. The van der Waals surface area contributed by atoms with Crippen molar-refractivity contribution in [3.63, 3.8) is 0 Å². The molecular formula is C15H20N2O3S. The van der Waals surface area contributed by atoms with Gasteiger partial charge in [-0.1, -0.05) is 0 Å². The lowest BCUT2D eigenvalue weighted by Gasteiger charge is -2.14. The van der Waals surface area contributed by atoms with Crippen LogP contribution < -0.4 is 19.5 Å². The van der Waals surface area contributed by atoms with Crippen LogP contribution in [-0.4, -0.2) is 26.3 Å². The molecule has 0 saturated carbocycles. The summed E-state index contributed by atoms with van der Waals surface area (Å²) in [6.45, 7) is 3.54. The second-order valence-electron chi connectivity index (χ2n) is 4.50. The van der Waals surface area contributed by atoms with Gasteiger partial charge in [-0.2, -0.15) is 0 Å². The van der Waals surface area contributed by atoms with Crippen LogP contribution in [-0.2, 0) is 13.1 Å². The molecule has 0 bridgehead atoms. The normalized spacial score (nSPS) is 10.5. The first-order valence-corrected chi connectivity index (χ1v) is 7.46. The SMILES string of the molecule is COc1cc(CNCc2scnc2C)cc(OC)c1OC. The van der Waals surface area contributed by atoms with Gasteiger partial charge in [0.1, 0.15) is 0 Å². The molecule has 0 saturated heterocycles. The minimum atomic E-state index is 0.613. The number of rotatable bonds is 7. The third kappa shape index (κ3) is 3.65. The van der Waals surface area contributed by atoms with Gasteiger partial charge >= 0.3 is 0 Å². The number of nitrogens with zero attached hydrogens (tertiary/aromatic N) is 1. The van der Waals surface area contributed by atoms with Crippen LogP contribution >= 0.6 is 11.3 Å². The van der Waals surface area contributed by atoms with E-state index in [1.807, 2.05) is 24.6 Å². The summed E-state index contributed by atoms with van der Waals surface area (Å²) in [5, 5.41) is 3.40. The number of aryl methyl sites for hydroxylation is 1. The van der Waals surface area contributed by atoms with Crippen molar-refractivity contribution in [2.45, 2.75) is 20.0 Å². The Hall–Kier alpha value is -1.79. The molecule has 0 unspecified atom stereocenters. The van der Waals surface area contributed by atoms with Gasteiger partial charge < -0.3 is 19.5 Å². The van der Waals surface area contributed by atoms with Gasteiger partial charge in [-0.05, 0) is 24.6 Å². The summed E-state index contributed by atoms with van der Waals surface area (Å²) in [6.07, 6.45) is 0. The standard InChI is InChI=1S/C15H20N2O3S/c1-10-14(21-9-17-10)8-16-7-11-5-12(18-2)15(20-4)13(6-11)19-3/h5-6,9,16H,7-8H2,1-4H3. The molecule has 0 atom stereocenters. The summed E-state index contributed by atoms with van der Waals surface area (Å²) in [4.78, 5) is 5.49. The van der Waals surface area contributed by atoms with E-state index in [2.05, 4.69) is 10.3 Å². The Morgan fingerprint density at radius 1 is 1.05 bits per heavy atom. The summed E-state index contributed by atoms with van der Waals surface area (Å²) in [5.41, 5.74) is 4.02. The van der Waals surface area contributed by atoms with Gasteiger partial charge in [0.05, 0.1) is 32.5 Å². The van der Waals surface area contributed by atoms with Crippen LogP contribution in [0.15, 0.2) is 17.6 Å². The van der Waals surface area contributed by atoms with Crippen LogP contribution in [0, 0.1) is 6.92 Å². The number of hydrogen-bond acceptors (Lipinski definition) is 6. The smallest absolute Gasteiger partial charge is 0.203 e. The number of thiazole rings is 1. The maximum Gasteiger partial charge on any atom is 0.203 e. The second-order valence-corrected chi connectivity index (χ2v) is 5.44. The van der Waals surface area contributed by atoms with E-state index in [1.54, 1.807) is 32.7 Å². The molecule has 21 heavy (non-hydrogen) atoms. The van der Waals surface area contributed by atoms with Crippen molar-refractivity contribution < 1.29 is 14.2 Å². The van der Waals surface area contributed by atoms with Crippen molar-refractivity contribution in [1.29, 1.82) is 0 Å². The fourth-order valence-corrected chi connectivity index (χ4v) is 2.80. The van der Waals surface area contributed by atoms with Crippen LogP contribution in [0.25, 0.3) is 0 Å². The third-order valence-electron chi connectivity index (χ3n) is 3.18. The maximum absolute atomic E-state index is 5.35. The Kier molecular flexibility index (Phi) is 5.41. The maximum atomic E-state index is 5.35. The largest absolute Gasteiger partial charge is 0.493 e. The molecule has 0 spiro atoms. The molecule has 0 radical (unpaired) electrons. The van der Waals surface area contributed by atoms with Crippen LogP contribution in [0.1, 0.15) is 16.1 Å². The average molecular weight is 308 g/mol. The van der Waals surface area contributed by atoms with Gasteiger partial charge in [0, 0.05) is 18.0 Å². The van der Waals surface area contributed by atoms with Gasteiger partial charge in [-0.25, -0.2) is 4.98 Å². The molecule has 0 aliphatic carbocycles. The summed E-state index contributed by atoms with van der Waals surface area (Å²) in [5.74, 6) is 1.95. The van der Waals surface area contributed by atoms with Crippen LogP contribution in [0.4, 0.5) is 0 Å². The first-order chi connectivity index (χ1) is 10.2. The molecule has 1 aromatic carbocycles. The van der Waals surface area contributed by atoms with Crippen molar-refractivity contribution >= 4 is 11.3 Å². The lowest BCUT2D eigenvalue weighted by Crippen LogP contribution is -2.13. The number of ether oxygens (including phenoxy) is 3. The number of nitrogens with one attached hydrogen (secondary N) is 1. The van der Waals surface area contributed by atoms with E-state index in [9.17, 15) is 0 Å². The summed E-state index contributed by atoms with van der Waals surface area (Å²) >= 11 is 1.66. The number of aromatic nitrogens is 1. The Morgan fingerprint density at radius 3 is 2.19 bits per heavy atom. The molecule has 1 N–H and O–H groups in total. The molecule has 0 aliphatic heterocycles. The molecule has 0 fully saturated rings. The molecule has 2 rings (SSSR count). The Balaban J connectivity index is 2.08. The van der Waals surface area contributed by atoms with E-state index in [-0.39, 0.29) is 0 Å². The van der Waals surface area contributed by atoms with Crippen molar-refractivity contribution in [2.24, 2.45) is 0 Å². The summed E-state index contributed by atoms with van der Waals surface area (Å²) in [7, 11) is 4.84. The van der Waals surface area contributed by atoms with Crippen molar-refractivity contribution in [3.8, 4) is 17.2 Å². The minimum absolute atomic E-state index is 0.613. The van der Waals surface area contributed by atoms with E-state index in [0.29, 0.717) is 23.8 Å². The summed E-state index contributed by atoms with van der Waals surface area (Å²) < 4.78 is 16.0. The van der Waals surface area contributed by atoms with Gasteiger partial charge in [-0.15, -0.1) is 11.3 Å². The second kappa shape index (κ2) is 7.28. The topological polar surface area (TPSA) is 52.6 Å². The minimum Gasteiger partial charge on any atom is -0.493 e. The van der Waals surface area contributed by atoms with E-state index in [0.717, 1.165) is 17.8 Å². The van der Waals surface area contributed by atoms with Gasteiger partial charge in [0.2, 0.25) is 5.75 Å². The molecule has 0 aliphatic rings.